The van der Waals surface area contributed by atoms with Gasteiger partial charge in [-0.2, -0.15) is 0 Å². The maximum atomic E-state index is 10.9. The van der Waals surface area contributed by atoms with Crippen LogP contribution in [0.1, 0.15) is 0 Å². The highest BCUT2D eigenvalue weighted by molar-refractivity contribution is 5.76. The van der Waals surface area contributed by atoms with Crippen LogP contribution in [0.2, 0.25) is 0 Å². The van der Waals surface area contributed by atoms with Crippen LogP contribution in [0.25, 0.3) is 11.3 Å². The van der Waals surface area contributed by atoms with Gasteiger partial charge in [0.1, 0.15) is 5.75 Å². The number of non-ortho nitro benzene ring substituents is 1. The molecule has 0 amide bonds. The molecule has 0 atom stereocenters. The summed E-state index contributed by atoms with van der Waals surface area (Å²) in [5.41, 5.74) is -1.27. The molecule has 21 heavy (non-hydrogen) atoms. The molecule has 1 N–H and O–H groups in total. The van der Waals surface area contributed by atoms with Gasteiger partial charge in [-0.1, -0.05) is 0 Å². The van der Waals surface area contributed by atoms with E-state index in [1.807, 2.05) is 0 Å². The van der Waals surface area contributed by atoms with E-state index >= 15 is 0 Å². The van der Waals surface area contributed by atoms with Crippen LogP contribution in [0, 0.1) is 20.2 Å². The van der Waals surface area contributed by atoms with E-state index in [0.717, 1.165) is 6.07 Å². The van der Waals surface area contributed by atoms with Crippen molar-refractivity contribution in [2.45, 2.75) is 0 Å². The van der Waals surface area contributed by atoms with Gasteiger partial charge in [0.05, 0.1) is 34.3 Å². The lowest BCUT2D eigenvalue weighted by atomic mass is 10.1. The average Bonchev–Trinajstić information content (AvgIpc) is 2.46. The van der Waals surface area contributed by atoms with E-state index in [1.165, 1.54) is 25.4 Å². The van der Waals surface area contributed by atoms with Crippen molar-refractivity contribution in [1.29, 1.82) is 0 Å². The first-order valence-electron chi connectivity index (χ1n) is 5.60. The minimum Gasteiger partial charge on any atom is -0.502 e. The number of nitro benzene ring substituents is 2. The number of nitrogens with zero attached hydrogens (tertiary/aromatic N) is 3. The number of hydrogen-bond acceptors (Lipinski definition) is 7. The normalized spacial score (nSPS) is 10.1. The number of rotatable bonds is 4. The predicted molar refractivity (Wildman–Crippen MR) is 71.2 cm³/mol. The first-order valence-corrected chi connectivity index (χ1v) is 5.60. The molecule has 9 nitrogen and oxygen atoms in total. The van der Waals surface area contributed by atoms with Crippen molar-refractivity contribution in [2.24, 2.45) is 0 Å². The largest absolute Gasteiger partial charge is 0.502 e. The maximum Gasteiger partial charge on any atom is 0.318 e. The van der Waals surface area contributed by atoms with E-state index in [2.05, 4.69) is 4.98 Å². The summed E-state index contributed by atoms with van der Waals surface area (Å²) >= 11 is 0. The molecule has 1 heterocycles. The summed E-state index contributed by atoms with van der Waals surface area (Å²) in [5.74, 6) is -0.292. The van der Waals surface area contributed by atoms with Gasteiger partial charge < -0.3 is 9.84 Å². The van der Waals surface area contributed by atoms with E-state index in [0.29, 0.717) is 11.8 Å². The lowest BCUT2D eigenvalue weighted by Gasteiger charge is -2.06. The summed E-state index contributed by atoms with van der Waals surface area (Å²) in [7, 11) is 1.41. The molecule has 1 aromatic carbocycles. The fourth-order valence-corrected chi connectivity index (χ4v) is 1.73. The second-order valence-electron chi connectivity index (χ2n) is 3.96. The number of aromatic nitrogens is 1. The van der Waals surface area contributed by atoms with Gasteiger partial charge in [0.2, 0.25) is 5.75 Å². The number of phenolic OH excluding ortho intramolecular Hbond substituents is 1. The Morgan fingerprint density at radius 3 is 2.48 bits per heavy atom. The molecular weight excluding hydrogens is 282 g/mol. The average molecular weight is 291 g/mol. The highest BCUT2D eigenvalue weighted by atomic mass is 16.6. The molecule has 0 unspecified atom stereocenters. The first kappa shape index (κ1) is 14.2. The van der Waals surface area contributed by atoms with Gasteiger partial charge in [-0.15, -0.1) is 0 Å². The SMILES string of the molecule is COc1ccnc(-c2cc([N+](=O)[O-])cc([N+](=O)[O-])c2O)c1. The Bertz CT molecular complexity index is 731. The summed E-state index contributed by atoms with van der Waals surface area (Å²) < 4.78 is 4.98. The van der Waals surface area contributed by atoms with Gasteiger partial charge >= 0.3 is 5.69 Å². The molecule has 1 aromatic heterocycles. The van der Waals surface area contributed by atoms with Crippen molar-refractivity contribution < 1.29 is 19.7 Å². The van der Waals surface area contributed by atoms with Crippen LogP contribution >= 0.6 is 0 Å². The van der Waals surface area contributed by atoms with Crippen molar-refractivity contribution in [1.82, 2.24) is 4.98 Å². The Hall–Kier alpha value is -3.23. The van der Waals surface area contributed by atoms with Crippen LogP contribution in [-0.4, -0.2) is 27.0 Å². The first-order chi connectivity index (χ1) is 9.93. The number of nitro groups is 2. The molecule has 0 aliphatic carbocycles. The van der Waals surface area contributed by atoms with E-state index in [4.69, 9.17) is 4.74 Å². The minimum absolute atomic E-state index is 0.116. The summed E-state index contributed by atoms with van der Waals surface area (Å²) in [5, 5.41) is 31.7. The number of aromatic hydroxyl groups is 1. The van der Waals surface area contributed by atoms with E-state index in [1.54, 1.807) is 0 Å². The highest BCUT2D eigenvalue weighted by Crippen LogP contribution is 2.40. The second kappa shape index (κ2) is 5.41. The highest BCUT2D eigenvalue weighted by Gasteiger charge is 2.25. The molecule has 108 valence electrons. The summed E-state index contributed by atoms with van der Waals surface area (Å²) in [6.45, 7) is 0. The molecule has 0 aliphatic rings. The van der Waals surface area contributed by atoms with Crippen molar-refractivity contribution in [3.05, 3.63) is 50.7 Å². The number of hydrogen-bond donors (Lipinski definition) is 1. The fraction of sp³-hybridized carbons (Fsp3) is 0.0833. The third-order valence-electron chi connectivity index (χ3n) is 2.73. The van der Waals surface area contributed by atoms with Crippen LogP contribution in [0.4, 0.5) is 11.4 Å². The van der Waals surface area contributed by atoms with Crippen LogP contribution in [0.5, 0.6) is 11.5 Å². The van der Waals surface area contributed by atoms with E-state index in [9.17, 15) is 25.3 Å². The summed E-state index contributed by atoms with van der Waals surface area (Å²) in [4.78, 5) is 24.0. The van der Waals surface area contributed by atoms with Crippen LogP contribution < -0.4 is 4.74 Å². The standard InChI is InChI=1S/C12H9N3O6/c1-21-8-2-3-13-10(6-8)9-4-7(14(17)18)5-11(12(9)16)15(19)20/h2-6,16H,1H3. The predicted octanol–water partition coefficient (Wildman–Crippen LogP) is 2.28. The third-order valence-corrected chi connectivity index (χ3v) is 2.73. The number of phenols is 1. The molecule has 0 aliphatic heterocycles. The smallest absolute Gasteiger partial charge is 0.318 e. The van der Waals surface area contributed by atoms with Gasteiger partial charge in [-0.25, -0.2) is 0 Å². The van der Waals surface area contributed by atoms with Gasteiger partial charge in [0.25, 0.3) is 5.69 Å². The molecule has 2 rings (SSSR count). The molecule has 0 radical (unpaired) electrons. The van der Waals surface area contributed by atoms with Crippen molar-refractivity contribution in [3.8, 4) is 22.8 Å². The monoisotopic (exact) mass is 291 g/mol. The fourth-order valence-electron chi connectivity index (χ4n) is 1.73. The van der Waals surface area contributed by atoms with Crippen molar-refractivity contribution in [2.75, 3.05) is 7.11 Å². The number of benzene rings is 1. The summed E-state index contributed by atoms with van der Waals surface area (Å²) in [6.07, 6.45) is 1.36. The molecule has 0 fully saturated rings. The topological polar surface area (TPSA) is 129 Å². The molecule has 0 bridgehead atoms. The Morgan fingerprint density at radius 2 is 1.90 bits per heavy atom. The van der Waals surface area contributed by atoms with Gasteiger partial charge in [0.15, 0.2) is 0 Å². The Morgan fingerprint density at radius 1 is 1.19 bits per heavy atom. The lowest BCUT2D eigenvalue weighted by molar-refractivity contribution is -0.394. The van der Waals surface area contributed by atoms with Gasteiger partial charge in [-0.3, -0.25) is 25.2 Å². The van der Waals surface area contributed by atoms with Crippen LogP contribution in [0.3, 0.4) is 0 Å². The minimum atomic E-state index is -0.897. The van der Waals surface area contributed by atoms with Gasteiger partial charge in [-0.05, 0) is 6.07 Å². The molecule has 0 saturated heterocycles. The zero-order valence-electron chi connectivity index (χ0n) is 10.7. The Balaban J connectivity index is 2.71. The molecule has 9 heteroatoms. The van der Waals surface area contributed by atoms with E-state index < -0.39 is 27.0 Å². The van der Waals surface area contributed by atoms with Crippen LogP contribution in [0.15, 0.2) is 30.5 Å². The molecule has 0 spiro atoms. The lowest BCUT2D eigenvalue weighted by Crippen LogP contribution is -1.96. The quantitative estimate of drug-likeness (QED) is 0.675. The van der Waals surface area contributed by atoms with Crippen molar-refractivity contribution in [3.63, 3.8) is 0 Å². The molecule has 2 aromatic rings. The number of ether oxygens (including phenoxy) is 1. The molecule has 0 saturated carbocycles. The molecular formula is C12H9N3O6. The Labute approximate surface area is 117 Å². The summed E-state index contributed by atoms with van der Waals surface area (Å²) in [6, 6.07) is 4.65. The zero-order chi connectivity index (χ0) is 15.6. The zero-order valence-corrected chi connectivity index (χ0v) is 10.7. The number of pyridine rings is 1. The Kier molecular flexibility index (Phi) is 3.65. The second-order valence-corrected chi connectivity index (χ2v) is 3.96. The number of methoxy groups -OCH3 is 1. The van der Waals surface area contributed by atoms with Crippen LogP contribution in [-0.2, 0) is 0 Å². The third kappa shape index (κ3) is 2.71. The van der Waals surface area contributed by atoms with Crippen molar-refractivity contribution >= 4 is 11.4 Å². The van der Waals surface area contributed by atoms with E-state index in [-0.39, 0.29) is 11.3 Å². The van der Waals surface area contributed by atoms with Gasteiger partial charge in [0, 0.05) is 18.3 Å². The maximum absolute atomic E-state index is 10.9.